The van der Waals surface area contributed by atoms with Crippen molar-refractivity contribution in [3.63, 3.8) is 0 Å². The van der Waals surface area contributed by atoms with E-state index in [-0.39, 0.29) is 5.56 Å². The van der Waals surface area contributed by atoms with Crippen LogP contribution < -0.4 is 5.11 Å². The van der Waals surface area contributed by atoms with E-state index >= 15 is 0 Å². The normalized spacial score (nSPS) is 11.2. The maximum absolute atomic E-state index is 11.5. The van der Waals surface area contributed by atoms with E-state index in [9.17, 15) is 9.90 Å². The predicted molar refractivity (Wildman–Crippen MR) is 103 cm³/mol. The molecule has 0 bridgehead atoms. The van der Waals surface area contributed by atoms with E-state index in [0.717, 1.165) is 5.56 Å². The van der Waals surface area contributed by atoms with Gasteiger partial charge >= 0.3 is 0 Å². The van der Waals surface area contributed by atoms with Crippen LogP contribution in [0.1, 0.15) is 35.7 Å². The first-order valence-corrected chi connectivity index (χ1v) is 8.84. The number of para-hydroxylation sites is 1. The third-order valence-corrected chi connectivity index (χ3v) is 4.66. The lowest BCUT2D eigenvalue weighted by Crippen LogP contribution is -2.22. The molecule has 27 heavy (non-hydrogen) atoms. The molecule has 2 aromatic carbocycles. The van der Waals surface area contributed by atoms with Crippen LogP contribution >= 0.6 is 0 Å². The smallest absolute Gasteiger partial charge is 0.153 e. The Bertz CT molecular complexity index is 1120. The van der Waals surface area contributed by atoms with Crippen molar-refractivity contribution in [3.05, 3.63) is 77.9 Å². The highest BCUT2D eigenvalue weighted by Gasteiger charge is 2.12. The van der Waals surface area contributed by atoms with E-state index in [1.165, 1.54) is 11.6 Å². The van der Waals surface area contributed by atoms with Crippen molar-refractivity contribution in [3.8, 4) is 22.8 Å². The Balaban J connectivity index is 1.76. The number of carboxylic acid groups (broad SMARTS) is 1. The monoisotopic (exact) mass is 356 g/mol. The average molecular weight is 356 g/mol. The first kappa shape index (κ1) is 17.0. The molecule has 2 aromatic heterocycles. The van der Waals surface area contributed by atoms with Gasteiger partial charge in [0.25, 0.3) is 0 Å². The number of nitrogens with zero attached hydrogens (tertiary/aromatic N) is 1. The van der Waals surface area contributed by atoms with E-state index in [0.29, 0.717) is 34.0 Å². The first-order valence-electron chi connectivity index (χ1n) is 8.84. The molecular weight excluding hydrogens is 338 g/mol. The molecule has 0 atom stereocenters. The number of aromatic nitrogens is 1. The Hall–Kier alpha value is -3.40. The third kappa shape index (κ3) is 3.22. The molecule has 0 radical (unpaired) electrons. The fourth-order valence-corrected chi connectivity index (χ4v) is 3.13. The molecule has 0 fully saturated rings. The Kier molecular flexibility index (Phi) is 4.24. The van der Waals surface area contributed by atoms with Gasteiger partial charge in [0.2, 0.25) is 0 Å². The fraction of sp³-hybridized carbons (Fsp3) is 0.130. The maximum Gasteiger partial charge on any atom is 0.153 e. The van der Waals surface area contributed by atoms with Gasteiger partial charge in [0.15, 0.2) is 5.76 Å². The number of fused-ring (bicyclic) bond motifs is 1. The standard InChI is InChI=1S/C23H19NO3/c1-14(2)15-7-9-16(10-8-15)21-11-12-22(27-21)20-13-18(23(25)26)17-5-3-4-6-19(17)24-20/h3-14H,1-2H3,(H,25,26)/p-1. The van der Waals surface area contributed by atoms with Crippen molar-refractivity contribution >= 4 is 16.9 Å². The van der Waals surface area contributed by atoms with E-state index in [2.05, 4.69) is 31.0 Å². The van der Waals surface area contributed by atoms with Gasteiger partial charge in [0, 0.05) is 16.5 Å². The molecule has 0 unspecified atom stereocenters. The van der Waals surface area contributed by atoms with E-state index < -0.39 is 5.97 Å². The van der Waals surface area contributed by atoms with Crippen LogP contribution in [-0.2, 0) is 0 Å². The molecule has 0 N–H and O–H groups in total. The molecule has 4 nitrogen and oxygen atoms in total. The quantitative estimate of drug-likeness (QED) is 0.534. The van der Waals surface area contributed by atoms with Crippen LogP contribution in [0.15, 0.2) is 71.1 Å². The molecule has 4 aromatic rings. The van der Waals surface area contributed by atoms with Crippen molar-refractivity contribution in [2.24, 2.45) is 0 Å². The fourth-order valence-electron chi connectivity index (χ4n) is 3.13. The molecule has 0 saturated heterocycles. The molecule has 4 heteroatoms. The minimum Gasteiger partial charge on any atom is -0.545 e. The van der Waals surface area contributed by atoms with E-state index in [1.807, 2.05) is 30.3 Å². The lowest BCUT2D eigenvalue weighted by Gasteiger charge is -2.09. The summed E-state index contributed by atoms with van der Waals surface area (Å²) < 4.78 is 5.96. The highest BCUT2D eigenvalue weighted by Crippen LogP contribution is 2.30. The van der Waals surface area contributed by atoms with Crippen LogP contribution in [0.25, 0.3) is 33.7 Å². The van der Waals surface area contributed by atoms with Crippen LogP contribution in [0.5, 0.6) is 0 Å². The van der Waals surface area contributed by atoms with Crippen LogP contribution in [-0.4, -0.2) is 11.0 Å². The number of hydrogen-bond acceptors (Lipinski definition) is 4. The zero-order chi connectivity index (χ0) is 19.0. The molecule has 4 rings (SSSR count). The number of carbonyl (C=O) groups is 1. The number of aromatic carboxylic acids is 1. The Labute approximate surface area is 157 Å². The Morgan fingerprint density at radius 1 is 0.963 bits per heavy atom. The van der Waals surface area contributed by atoms with Crippen LogP contribution in [0.3, 0.4) is 0 Å². The largest absolute Gasteiger partial charge is 0.545 e. The molecule has 2 heterocycles. The summed E-state index contributed by atoms with van der Waals surface area (Å²) in [7, 11) is 0. The maximum atomic E-state index is 11.5. The second-order valence-corrected chi connectivity index (χ2v) is 6.80. The zero-order valence-electron chi connectivity index (χ0n) is 15.1. The van der Waals surface area contributed by atoms with Gasteiger partial charge in [0.1, 0.15) is 11.5 Å². The van der Waals surface area contributed by atoms with Gasteiger partial charge in [-0.3, -0.25) is 0 Å². The lowest BCUT2D eigenvalue weighted by atomic mass is 10.0. The highest BCUT2D eigenvalue weighted by molar-refractivity contribution is 6.02. The topological polar surface area (TPSA) is 66.2 Å². The number of carbonyl (C=O) groups excluding carboxylic acids is 1. The summed E-state index contributed by atoms with van der Waals surface area (Å²) in [5.41, 5.74) is 3.40. The van der Waals surface area contributed by atoms with Gasteiger partial charge in [-0.25, -0.2) is 4.98 Å². The molecule has 0 spiro atoms. The summed E-state index contributed by atoms with van der Waals surface area (Å²) in [5.74, 6) is 0.471. The van der Waals surface area contributed by atoms with Crippen molar-refractivity contribution in [1.29, 1.82) is 0 Å². The SMILES string of the molecule is CC(C)c1ccc(-c2ccc(-c3cc(C(=O)[O-])c4ccccc4n3)o2)cc1. The molecule has 0 amide bonds. The minimum absolute atomic E-state index is 0.106. The summed E-state index contributed by atoms with van der Waals surface area (Å²) >= 11 is 0. The van der Waals surface area contributed by atoms with E-state index in [1.54, 1.807) is 18.2 Å². The lowest BCUT2D eigenvalue weighted by molar-refractivity contribution is -0.254. The van der Waals surface area contributed by atoms with Crippen LogP contribution in [0.2, 0.25) is 0 Å². The molecule has 0 saturated carbocycles. The van der Waals surface area contributed by atoms with Gasteiger partial charge in [0.05, 0.1) is 11.5 Å². The van der Waals surface area contributed by atoms with Gasteiger partial charge in [-0.2, -0.15) is 0 Å². The molecule has 0 aliphatic carbocycles. The highest BCUT2D eigenvalue weighted by atomic mass is 16.4. The summed E-state index contributed by atoms with van der Waals surface area (Å²) in [6.07, 6.45) is 0. The second-order valence-electron chi connectivity index (χ2n) is 6.80. The van der Waals surface area contributed by atoms with Crippen LogP contribution in [0, 0.1) is 0 Å². The second kappa shape index (κ2) is 6.72. The minimum atomic E-state index is -1.23. The van der Waals surface area contributed by atoms with Crippen molar-refractivity contribution in [2.45, 2.75) is 19.8 Å². The summed E-state index contributed by atoms with van der Waals surface area (Å²) in [5, 5.41) is 12.1. The number of furan rings is 1. The number of pyridine rings is 1. The summed E-state index contributed by atoms with van der Waals surface area (Å²) in [4.78, 5) is 16.1. The van der Waals surface area contributed by atoms with Crippen molar-refractivity contribution < 1.29 is 14.3 Å². The predicted octanol–water partition coefficient (Wildman–Crippen LogP) is 4.65. The number of rotatable bonds is 4. The van der Waals surface area contributed by atoms with Crippen molar-refractivity contribution in [1.82, 2.24) is 4.98 Å². The average Bonchev–Trinajstić information content (AvgIpc) is 3.17. The first-order chi connectivity index (χ1) is 13.0. The van der Waals surface area contributed by atoms with Gasteiger partial charge in [-0.1, -0.05) is 56.3 Å². The molecule has 0 aliphatic rings. The van der Waals surface area contributed by atoms with Crippen molar-refractivity contribution in [2.75, 3.05) is 0 Å². The Morgan fingerprint density at radius 2 is 1.67 bits per heavy atom. The number of hydrogen-bond donors (Lipinski definition) is 0. The summed E-state index contributed by atoms with van der Waals surface area (Å²) in [6.45, 7) is 4.31. The number of carboxylic acids is 1. The Morgan fingerprint density at radius 3 is 2.37 bits per heavy atom. The van der Waals surface area contributed by atoms with Gasteiger partial charge in [-0.05, 0) is 35.7 Å². The van der Waals surface area contributed by atoms with Gasteiger partial charge in [-0.15, -0.1) is 0 Å². The summed E-state index contributed by atoms with van der Waals surface area (Å²) in [6, 6.07) is 20.5. The van der Waals surface area contributed by atoms with Crippen LogP contribution in [0.4, 0.5) is 0 Å². The van der Waals surface area contributed by atoms with E-state index in [4.69, 9.17) is 4.42 Å². The third-order valence-electron chi connectivity index (χ3n) is 4.66. The molecule has 0 aliphatic heterocycles. The zero-order valence-corrected chi connectivity index (χ0v) is 15.1. The molecular formula is C23H18NO3-. The van der Waals surface area contributed by atoms with Gasteiger partial charge < -0.3 is 14.3 Å². The number of benzene rings is 2. The molecule has 134 valence electrons.